The van der Waals surface area contributed by atoms with E-state index in [0.29, 0.717) is 23.5 Å². The number of halogens is 3. The van der Waals surface area contributed by atoms with Gasteiger partial charge in [0.2, 0.25) is 4.96 Å². The van der Waals surface area contributed by atoms with Crippen molar-refractivity contribution in [3.8, 4) is 0 Å². The second kappa shape index (κ2) is 4.99. The van der Waals surface area contributed by atoms with Crippen molar-refractivity contribution in [2.24, 2.45) is 0 Å². The minimum absolute atomic E-state index is 0.148. The smallest absolute Gasteiger partial charge is 0.399 e. The van der Waals surface area contributed by atoms with Crippen molar-refractivity contribution in [1.82, 2.24) is 19.8 Å². The topological polar surface area (TPSA) is 69.1 Å². The van der Waals surface area contributed by atoms with E-state index in [0.717, 1.165) is 21.4 Å². The summed E-state index contributed by atoms with van der Waals surface area (Å²) >= 11 is 1.11. The molecule has 3 rings (SSSR count). The number of benzene rings is 1. The predicted molar refractivity (Wildman–Crippen MR) is 71.9 cm³/mol. The lowest BCUT2D eigenvalue weighted by Crippen LogP contribution is -2.11. The highest BCUT2D eigenvalue weighted by Gasteiger charge is 2.38. The standard InChI is InChI=1S/C12H10F3N5S/c13-12(14,15)10-17-18-11-20(10)19-9(21-11)6-3-7-1-4-8(16)5-2-7/h1-2,4-5H,3,6,16H2. The first kappa shape index (κ1) is 13.8. The van der Waals surface area contributed by atoms with Crippen LogP contribution in [0, 0.1) is 0 Å². The summed E-state index contributed by atoms with van der Waals surface area (Å²) in [5, 5.41) is 11.1. The summed E-state index contributed by atoms with van der Waals surface area (Å²) in [6, 6.07) is 7.35. The molecule has 3 aromatic rings. The van der Waals surface area contributed by atoms with E-state index in [9.17, 15) is 13.2 Å². The molecule has 0 atom stereocenters. The average molecular weight is 313 g/mol. The number of rotatable bonds is 3. The van der Waals surface area contributed by atoms with Gasteiger partial charge in [0.05, 0.1) is 0 Å². The van der Waals surface area contributed by atoms with E-state index in [2.05, 4.69) is 15.3 Å². The lowest BCUT2D eigenvalue weighted by molar-refractivity contribution is -0.146. The summed E-state index contributed by atoms with van der Waals surface area (Å²) < 4.78 is 38.8. The Morgan fingerprint density at radius 2 is 1.81 bits per heavy atom. The molecule has 0 unspecified atom stereocenters. The minimum Gasteiger partial charge on any atom is -0.399 e. The van der Waals surface area contributed by atoms with E-state index >= 15 is 0 Å². The van der Waals surface area contributed by atoms with E-state index in [1.165, 1.54) is 0 Å². The maximum absolute atomic E-state index is 12.7. The maximum Gasteiger partial charge on any atom is 0.453 e. The Bertz CT molecular complexity index is 759. The highest BCUT2D eigenvalue weighted by Crippen LogP contribution is 2.29. The third-order valence-electron chi connectivity index (χ3n) is 2.89. The van der Waals surface area contributed by atoms with Gasteiger partial charge in [-0.3, -0.25) is 0 Å². The molecule has 1 aromatic carbocycles. The van der Waals surface area contributed by atoms with Gasteiger partial charge in [0.25, 0.3) is 5.82 Å². The second-order valence-electron chi connectivity index (χ2n) is 4.45. The number of nitrogens with two attached hydrogens (primary N) is 1. The van der Waals surface area contributed by atoms with Crippen molar-refractivity contribution in [2.45, 2.75) is 19.0 Å². The molecule has 0 aliphatic rings. The third-order valence-corrected chi connectivity index (χ3v) is 3.85. The molecule has 0 radical (unpaired) electrons. The first-order valence-corrected chi connectivity index (χ1v) is 6.88. The van der Waals surface area contributed by atoms with E-state index in [4.69, 9.17) is 5.73 Å². The maximum atomic E-state index is 12.7. The Hall–Kier alpha value is -2.16. The van der Waals surface area contributed by atoms with Gasteiger partial charge in [-0.2, -0.15) is 22.8 Å². The summed E-state index contributed by atoms with van der Waals surface area (Å²) in [6.07, 6.45) is -3.34. The number of fused-ring (bicyclic) bond motifs is 1. The molecule has 0 saturated carbocycles. The highest BCUT2D eigenvalue weighted by atomic mass is 32.1. The van der Waals surface area contributed by atoms with Crippen molar-refractivity contribution >= 4 is 22.0 Å². The van der Waals surface area contributed by atoms with Gasteiger partial charge in [0.15, 0.2) is 0 Å². The molecule has 0 spiro atoms. The van der Waals surface area contributed by atoms with Crippen LogP contribution in [-0.2, 0) is 19.0 Å². The van der Waals surface area contributed by atoms with Crippen LogP contribution < -0.4 is 5.73 Å². The van der Waals surface area contributed by atoms with Crippen LogP contribution in [0.1, 0.15) is 16.4 Å². The SMILES string of the molecule is Nc1ccc(CCc2nn3c(C(F)(F)F)nnc3s2)cc1. The number of nitrogens with zero attached hydrogens (tertiary/aromatic N) is 4. The van der Waals surface area contributed by atoms with Crippen molar-refractivity contribution in [1.29, 1.82) is 0 Å². The summed E-state index contributed by atoms with van der Waals surface area (Å²) in [4.78, 5) is 0.148. The fraction of sp³-hybridized carbons (Fsp3) is 0.250. The van der Waals surface area contributed by atoms with Gasteiger partial charge in [-0.1, -0.05) is 23.5 Å². The van der Waals surface area contributed by atoms with Crippen LogP contribution in [0.25, 0.3) is 4.96 Å². The molecular weight excluding hydrogens is 303 g/mol. The molecule has 0 fully saturated rings. The van der Waals surface area contributed by atoms with Gasteiger partial charge >= 0.3 is 6.18 Å². The largest absolute Gasteiger partial charge is 0.453 e. The number of aromatic nitrogens is 4. The fourth-order valence-electron chi connectivity index (χ4n) is 1.87. The first-order valence-electron chi connectivity index (χ1n) is 6.06. The van der Waals surface area contributed by atoms with Crippen LogP contribution in [-0.4, -0.2) is 19.8 Å². The Morgan fingerprint density at radius 3 is 2.48 bits per heavy atom. The summed E-state index contributed by atoms with van der Waals surface area (Å²) in [5.41, 5.74) is 7.31. The van der Waals surface area contributed by atoms with Crippen molar-refractivity contribution in [3.63, 3.8) is 0 Å². The molecule has 2 heterocycles. The van der Waals surface area contributed by atoms with Crippen LogP contribution in [0.5, 0.6) is 0 Å². The van der Waals surface area contributed by atoms with Gasteiger partial charge in [-0.15, -0.1) is 10.2 Å². The number of hydrogen-bond acceptors (Lipinski definition) is 5. The molecule has 0 saturated heterocycles. The molecule has 110 valence electrons. The fourth-order valence-corrected chi connectivity index (χ4v) is 2.70. The molecule has 2 aromatic heterocycles. The number of hydrogen-bond donors (Lipinski definition) is 1. The molecular formula is C12H10F3N5S. The van der Waals surface area contributed by atoms with Gasteiger partial charge in [0, 0.05) is 12.1 Å². The Morgan fingerprint density at radius 1 is 1.10 bits per heavy atom. The van der Waals surface area contributed by atoms with E-state index < -0.39 is 12.0 Å². The predicted octanol–water partition coefficient (Wildman–Crippen LogP) is 2.57. The lowest BCUT2D eigenvalue weighted by atomic mass is 10.1. The van der Waals surface area contributed by atoms with Crippen molar-refractivity contribution in [2.75, 3.05) is 5.73 Å². The normalized spacial score (nSPS) is 12.1. The second-order valence-corrected chi connectivity index (χ2v) is 5.49. The zero-order chi connectivity index (χ0) is 15.0. The Labute approximate surface area is 121 Å². The lowest BCUT2D eigenvalue weighted by Gasteiger charge is -2.01. The molecule has 0 aliphatic carbocycles. The highest BCUT2D eigenvalue weighted by molar-refractivity contribution is 7.16. The van der Waals surface area contributed by atoms with Gasteiger partial charge in [-0.05, 0) is 24.1 Å². The van der Waals surface area contributed by atoms with Gasteiger partial charge < -0.3 is 5.73 Å². The first-order chi connectivity index (χ1) is 9.93. The summed E-state index contributed by atoms with van der Waals surface area (Å²) in [6.45, 7) is 0. The number of alkyl halides is 3. The monoisotopic (exact) mass is 313 g/mol. The average Bonchev–Trinajstić information content (AvgIpc) is 2.96. The molecule has 0 amide bonds. The molecule has 21 heavy (non-hydrogen) atoms. The van der Waals surface area contributed by atoms with Crippen LogP contribution >= 0.6 is 11.3 Å². The van der Waals surface area contributed by atoms with Crippen LogP contribution in [0.4, 0.5) is 18.9 Å². The third kappa shape index (κ3) is 2.82. The molecule has 2 N–H and O–H groups in total. The molecule has 9 heteroatoms. The van der Waals surface area contributed by atoms with Crippen LogP contribution in [0.3, 0.4) is 0 Å². The van der Waals surface area contributed by atoms with Crippen LogP contribution in [0.2, 0.25) is 0 Å². The molecule has 5 nitrogen and oxygen atoms in total. The quantitative estimate of drug-likeness (QED) is 0.755. The van der Waals surface area contributed by atoms with E-state index in [1.54, 1.807) is 12.1 Å². The van der Waals surface area contributed by atoms with Crippen LogP contribution in [0.15, 0.2) is 24.3 Å². The molecule has 0 bridgehead atoms. The van der Waals surface area contributed by atoms with E-state index in [1.807, 2.05) is 12.1 Å². The Kier molecular flexibility index (Phi) is 3.28. The number of aryl methyl sites for hydroxylation is 2. The number of nitrogen functional groups attached to an aromatic ring is 1. The zero-order valence-electron chi connectivity index (χ0n) is 10.6. The van der Waals surface area contributed by atoms with Crippen molar-refractivity contribution < 1.29 is 13.2 Å². The summed E-state index contributed by atoms with van der Waals surface area (Å²) in [5.74, 6) is -1.09. The van der Waals surface area contributed by atoms with Gasteiger partial charge in [-0.25, -0.2) is 0 Å². The van der Waals surface area contributed by atoms with Crippen molar-refractivity contribution in [3.05, 3.63) is 40.7 Å². The minimum atomic E-state index is -4.55. The zero-order valence-corrected chi connectivity index (χ0v) is 11.4. The van der Waals surface area contributed by atoms with E-state index in [-0.39, 0.29) is 4.96 Å². The summed E-state index contributed by atoms with van der Waals surface area (Å²) in [7, 11) is 0. The Balaban J connectivity index is 1.79. The molecule has 0 aliphatic heterocycles. The number of anilines is 1. The van der Waals surface area contributed by atoms with Gasteiger partial charge in [0.1, 0.15) is 5.01 Å².